The second kappa shape index (κ2) is 6.44. The van der Waals surface area contributed by atoms with Crippen LogP contribution in [0.5, 0.6) is 0 Å². The van der Waals surface area contributed by atoms with E-state index in [4.69, 9.17) is 0 Å². The zero-order valence-corrected chi connectivity index (χ0v) is 10.2. The molecule has 1 aliphatic rings. The number of rotatable bonds is 5. The van der Waals surface area contributed by atoms with Crippen LogP contribution in [0, 0.1) is 11.8 Å². The summed E-state index contributed by atoms with van der Waals surface area (Å²) in [4.78, 5) is 0. The molecule has 1 N–H and O–H groups in total. The Morgan fingerprint density at radius 2 is 2.07 bits per heavy atom. The number of hydrogen-bond acceptors (Lipinski definition) is 1. The van der Waals surface area contributed by atoms with E-state index >= 15 is 0 Å². The highest BCUT2D eigenvalue weighted by atomic mass is 14.9. The van der Waals surface area contributed by atoms with Crippen molar-refractivity contribution in [1.29, 1.82) is 0 Å². The Bertz CT molecular complexity index is 142. The average molecular weight is 197 g/mol. The standard InChI is InChI=1S/C13H27N/c1-4-5-9-14-13-8-6-7-12(10-13)11(2)3/h11-14H,4-10H2,1-3H3/t12-,13+/m0/s1. The smallest absolute Gasteiger partial charge is 0.00698 e. The SMILES string of the molecule is CCCCN[C@@H]1CCC[C@H](C(C)C)C1. The Hall–Kier alpha value is -0.0400. The lowest BCUT2D eigenvalue weighted by Crippen LogP contribution is -2.35. The summed E-state index contributed by atoms with van der Waals surface area (Å²) in [6.07, 6.45) is 8.38. The fourth-order valence-electron chi connectivity index (χ4n) is 2.50. The fourth-order valence-corrected chi connectivity index (χ4v) is 2.50. The summed E-state index contributed by atoms with van der Waals surface area (Å²) in [5, 5.41) is 3.71. The minimum atomic E-state index is 0.822. The van der Waals surface area contributed by atoms with Crippen molar-refractivity contribution in [3.63, 3.8) is 0 Å². The zero-order chi connectivity index (χ0) is 10.4. The average Bonchev–Trinajstić information content (AvgIpc) is 2.19. The van der Waals surface area contributed by atoms with Crippen molar-refractivity contribution >= 4 is 0 Å². The van der Waals surface area contributed by atoms with Crippen LogP contribution < -0.4 is 5.32 Å². The Balaban J connectivity index is 2.19. The maximum Gasteiger partial charge on any atom is 0.00698 e. The summed E-state index contributed by atoms with van der Waals surface area (Å²) in [6.45, 7) is 8.24. The van der Waals surface area contributed by atoms with E-state index in [1.165, 1.54) is 45.1 Å². The summed E-state index contributed by atoms with van der Waals surface area (Å²) in [7, 11) is 0. The van der Waals surface area contributed by atoms with Gasteiger partial charge in [-0.2, -0.15) is 0 Å². The van der Waals surface area contributed by atoms with Gasteiger partial charge in [0.1, 0.15) is 0 Å². The van der Waals surface area contributed by atoms with Crippen LogP contribution in [0.2, 0.25) is 0 Å². The first kappa shape index (κ1) is 12.0. The fraction of sp³-hybridized carbons (Fsp3) is 1.00. The lowest BCUT2D eigenvalue weighted by Gasteiger charge is -2.32. The first-order chi connectivity index (χ1) is 6.74. The van der Waals surface area contributed by atoms with E-state index in [1.54, 1.807) is 0 Å². The van der Waals surface area contributed by atoms with Crippen molar-refractivity contribution in [2.75, 3.05) is 6.54 Å². The molecule has 1 rings (SSSR count). The molecule has 0 radical (unpaired) electrons. The van der Waals surface area contributed by atoms with E-state index in [0.717, 1.165) is 17.9 Å². The quantitative estimate of drug-likeness (QED) is 0.664. The maximum absolute atomic E-state index is 3.71. The van der Waals surface area contributed by atoms with Gasteiger partial charge in [0.05, 0.1) is 0 Å². The van der Waals surface area contributed by atoms with Crippen LogP contribution in [0.4, 0.5) is 0 Å². The molecule has 84 valence electrons. The molecule has 0 saturated heterocycles. The van der Waals surface area contributed by atoms with Crippen LogP contribution >= 0.6 is 0 Å². The zero-order valence-electron chi connectivity index (χ0n) is 10.2. The second-order valence-electron chi connectivity index (χ2n) is 5.18. The molecular formula is C13H27N. The highest BCUT2D eigenvalue weighted by molar-refractivity contribution is 4.79. The van der Waals surface area contributed by atoms with E-state index in [-0.39, 0.29) is 0 Å². The van der Waals surface area contributed by atoms with Gasteiger partial charge in [0.15, 0.2) is 0 Å². The van der Waals surface area contributed by atoms with Gasteiger partial charge in [-0.15, -0.1) is 0 Å². The lowest BCUT2D eigenvalue weighted by molar-refractivity contribution is 0.231. The number of hydrogen-bond donors (Lipinski definition) is 1. The predicted molar refractivity (Wildman–Crippen MR) is 63.5 cm³/mol. The van der Waals surface area contributed by atoms with Gasteiger partial charge in [-0.1, -0.05) is 40.0 Å². The molecule has 0 aromatic carbocycles. The molecule has 0 amide bonds. The summed E-state index contributed by atoms with van der Waals surface area (Å²) >= 11 is 0. The van der Waals surface area contributed by atoms with Crippen molar-refractivity contribution in [2.45, 2.75) is 65.3 Å². The Kier molecular flexibility index (Phi) is 5.54. The predicted octanol–water partition coefficient (Wildman–Crippen LogP) is 3.59. The van der Waals surface area contributed by atoms with E-state index in [2.05, 4.69) is 26.1 Å². The minimum absolute atomic E-state index is 0.822. The van der Waals surface area contributed by atoms with Crippen LogP contribution in [0.1, 0.15) is 59.3 Å². The molecule has 0 aromatic rings. The lowest BCUT2D eigenvalue weighted by atomic mass is 9.79. The number of unbranched alkanes of at least 4 members (excludes halogenated alkanes) is 1. The molecule has 2 atom stereocenters. The Labute approximate surface area is 89.7 Å². The molecule has 0 spiro atoms. The van der Waals surface area contributed by atoms with Gasteiger partial charge in [0.2, 0.25) is 0 Å². The van der Waals surface area contributed by atoms with Gasteiger partial charge < -0.3 is 5.32 Å². The van der Waals surface area contributed by atoms with Crippen molar-refractivity contribution in [3.8, 4) is 0 Å². The topological polar surface area (TPSA) is 12.0 Å². The van der Waals surface area contributed by atoms with E-state index in [1.807, 2.05) is 0 Å². The molecule has 1 fully saturated rings. The molecule has 1 nitrogen and oxygen atoms in total. The van der Waals surface area contributed by atoms with Crippen molar-refractivity contribution in [1.82, 2.24) is 5.32 Å². The first-order valence-electron chi connectivity index (χ1n) is 6.47. The minimum Gasteiger partial charge on any atom is -0.314 e. The molecule has 0 aliphatic heterocycles. The normalized spacial score (nSPS) is 28.3. The van der Waals surface area contributed by atoms with Crippen LogP contribution in [0.25, 0.3) is 0 Å². The van der Waals surface area contributed by atoms with Gasteiger partial charge in [-0.05, 0) is 37.6 Å². The van der Waals surface area contributed by atoms with Crippen LogP contribution in [-0.4, -0.2) is 12.6 Å². The molecule has 0 heterocycles. The van der Waals surface area contributed by atoms with Gasteiger partial charge in [0.25, 0.3) is 0 Å². The molecule has 0 unspecified atom stereocenters. The van der Waals surface area contributed by atoms with E-state index in [9.17, 15) is 0 Å². The Morgan fingerprint density at radius 1 is 1.29 bits per heavy atom. The summed E-state index contributed by atoms with van der Waals surface area (Å²) < 4.78 is 0. The third kappa shape index (κ3) is 4.00. The molecule has 0 aromatic heterocycles. The Morgan fingerprint density at radius 3 is 2.71 bits per heavy atom. The maximum atomic E-state index is 3.71. The number of nitrogens with one attached hydrogen (secondary N) is 1. The molecule has 1 heteroatoms. The van der Waals surface area contributed by atoms with Gasteiger partial charge in [-0.25, -0.2) is 0 Å². The van der Waals surface area contributed by atoms with Crippen LogP contribution in [0.15, 0.2) is 0 Å². The van der Waals surface area contributed by atoms with Crippen LogP contribution in [0.3, 0.4) is 0 Å². The van der Waals surface area contributed by atoms with Crippen LogP contribution in [-0.2, 0) is 0 Å². The first-order valence-corrected chi connectivity index (χ1v) is 6.47. The molecule has 0 bridgehead atoms. The van der Waals surface area contributed by atoms with Gasteiger partial charge >= 0.3 is 0 Å². The molecular weight excluding hydrogens is 170 g/mol. The third-order valence-corrected chi connectivity index (χ3v) is 3.62. The van der Waals surface area contributed by atoms with E-state index in [0.29, 0.717) is 0 Å². The van der Waals surface area contributed by atoms with Crippen molar-refractivity contribution in [3.05, 3.63) is 0 Å². The van der Waals surface area contributed by atoms with Gasteiger partial charge in [-0.3, -0.25) is 0 Å². The van der Waals surface area contributed by atoms with Crippen molar-refractivity contribution in [2.24, 2.45) is 11.8 Å². The molecule has 1 aliphatic carbocycles. The highest BCUT2D eigenvalue weighted by Gasteiger charge is 2.23. The van der Waals surface area contributed by atoms with E-state index < -0.39 is 0 Å². The van der Waals surface area contributed by atoms with Gasteiger partial charge in [0, 0.05) is 6.04 Å². The summed E-state index contributed by atoms with van der Waals surface area (Å²) in [6, 6.07) is 0.822. The summed E-state index contributed by atoms with van der Waals surface area (Å²) in [5.41, 5.74) is 0. The molecule has 1 saturated carbocycles. The van der Waals surface area contributed by atoms with Crippen molar-refractivity contribution < 1.29 is 0 Å². The monoisotopic (exact) mass is 197 g/mol. The summed E-state index contributed by atoms with van der Waals surface area (Å²) in [5.74, 6) is 1.86. The third-order valence-electron chi connectivity index (χ3n) is 3.62. The second-order valence-corrected chi connectivity index (χ2v) is 5.18. The molecule has 14 heavy (non-hydrogen) atoms. The highest BCUT2D eigenvalue weighted by Crippen LogP contribution is 2.29. The largest absolute Gasteiger partial charge is 0.314 e.